The number of hydrogen-bond donors (Lipinski definition) is 0. The quantitative estimate of drug-likeness (QED) is 0.140. The number of rotatable bonds is 11. The number of halogens is 3. The van der Waals surface area contributed by atoms with Gasteiger partial charge in [0, 0.05) is 12.3 Å². The average Bonchev–Trinajstić information content (AvgIpc) is 3.53. The zero-order chi connectivity index (χ0) is 41.7. The van der Waals surface area contributed by atoms with E-state index in [0.29, 0.717) is 17.9 Å². The maximum absolute atomic E-state index is 15.1. The molecule has 3 aromatic carbocycles. The number of amides is 2. The van der Waals surface area contributed by atoms with E-state index >= 15 is 4.79 Å². The van der Waals surface area contributed by atoms with Crippen molar-refractivity contribution in [2.45, 2.75) is 120 Å². The molecule has 2 atom stereocenters. The Kier molecular flexibility index (Phi) is 12.9. The van der Waals surface area contributed by atoms with Gasteiger partial charge in [0.2, 0.25) is 3.79 Å². The predicted molar refractivity (Wildman–Crippen MR) is 234 cm³/mol. The number of benzene rings is 3. The summed E-state index contributed by atoms with van der Waals surface area (Å²) in [6, 6.07) is 14.9. The van der Waals surface area contributed by atoms with Crippen LogP contribution in [0.15, 0.2) is 54.7 Å². The predicted octanol–water partition coefficient (Wildman–Crippen LogP) is 12.3. The number of carbonyl (C=O) groups excluding carboxylic acids is 2. The molecule has 1 unspecified atom stereocenters. The summed E-state index contributed by atoms with van der Waals surface area (Å²) in [7, 11) is -2.03. The molecule has 0 aliphatic carbocycles. The van der Waals surface area contributed by atoms with Gasteiger partial charge in [0.05, 0.1) is 31.5 Å². The fourth-order valence-electron chi connectivity index (χ4n) is 8.01. The second-order valence-electron chi connectivity index (χ2n) is 17.3. The number of hydrogen-bond acceptors (Lipinski definition) is 7. The van der Waals surface area contributed by atoms with Gasteiger partial charge in [-0.1, -0.05) is 115 Å². The van der Waals surface area contributed by atoms with E-state index in [2.05, 4.69) is 81.5 Å². The van der Waals surface area contributed by atoms with Crippen LogP contribution in [0.25, 0.3) is 16.3 Å². The summed E-state index contributed by atoms with van der Waals surface area (Å²) in [5.41, 5.74) is 3.05. The fourth-order valence-corrected chi connectivity index (χ4v) is 14.6. The van der Waals surface area contributed by atoms with Gasteiger partial charge in [-0.3, -0.25) is 4.79 Å². The van der Waals surface area contributed by atoms with Crippen LogP contribution in [-0.2, 0) is 9.16 Å². The Bertz CT molecular complexity index is 1970. The third-order valence-electron chi connectivity index (χ3n) is 11.9. The smallest absolute Gasteiger partial charge is 0.416 e. The lowest BCUT2D eigenvalue weighted by atomic mass is 9.98. The van der Waals surface area contributed by atoms with Gasteiger partial charge in [-0.05, 0) is 87.4 Å². The largest absolute Gasteiger partial charge is 0.540 e. The third-order valence-corrected chi connectivity index (χ3v) is 22.6. The minimum atomic E-state index is -2.68. The zero-order valence-electron chi connectivity index (χ0n) is 34.9. The molecule has 14 heteroatoms. The van der Waals surface area contributed by atoms with Crippen molar-refractivity contribution < 1.29 is 32.7 Å². The molecule has 0 bridgehead atoms. The molecular weight excluding hydrogens is 807 g/mol. The zero-order valence-corrected chi connectivity index (χ0v) is 39.2. The Morgan fingerprint density at radius 3 is 2.02 bits per heavy atom. The van der Waals surface area contributed by atoms with Crippen LogP contribution in [0.2, 0.25) is 34.8 Å². The molecule has 3 aromatic rings. The van der Waals surface area contributed by atoms with Crippen LogP contribution >= 0.6 is 34.8 Å². The Labute approximate surface area is 349 Å². The standard InChI is InChI=1S/C42H57Cl3N2O7Si2/c1-25(2)56(26(3)4,27(5)6)53-37-22-34-33(21-36(37)51-11)38(48)46-23-31(29-14-15-30-19-32(50-10)17-16-28(30)18-29)20-35(46)39(54-55(12,13)41(7,8)9)47(34)40(49)52-24-42(43,44)45/h14-19,21-23,25-27,35,39H,20,24H2,1-13H3/t35-,39?/m0/s1. The molecule has 9 nitrogen and oxygen atoms in total. The lowest BCUT2D eigenvalue weighted by molar-refractivity contribution is 0.0585. The summed E-state index contributed by atoms with van der Waals surface area (Å²) >= 11 is 18.4. The second kappa shape index (κ2) is 16.4. The molecule has 2 aliphatic heterocycles. The SMILES string of the molecule is COc1ccc2cc(C3=CN4C(=O)c5cc(OC)c(O[Si](C(C)C)(C(C)C)C(C)C)cc5N(C(=O)OCC(Cl)(Cl)Cl)C(O[Si](C)(C)C(C)(C)C)[C@@H]4C3)ccc2c1. The monoisotopic (exact) mass is 862 g/mol. The highest BCUT2D eigenvalue weighted by Gasteiger charge is 2.52. The maximum atomic E-state index is 15.1. The van der Waals surface area contributed by atoms with Crippen LogP contribution in [-0.4, -0.2) is 70.4 Å². The molecule has 306 valence electrons. The first-order chi connectivity index (χ1) is 25.9. The van der Waals surface area contributed by atoms with E-state index in [4.69, 9.17) is 57.9 Å². The van der Waals surface area contributed by atoms with E-state index in [0.717, 1.165) is 27.7 Å². The molecule has 2 heterocycles. The molecular formula is C42H57Cl3N2O7Si2. The minimum Gasteiger partial charge on any atom is -0.540 e. The number of fused-ring (bicyclic) bond motifs is 3. The Morgan fingerprint density at radius 2 is 1.46 bits per heavy atom. The van der Waals surface area contributed by atoms with Gasteiger partial charge >= 0.3 is 6.09 Å². The van der Waals surface area contributed by atoms with Gasteiger partial charge in [0.1, 0.15) is 18.1 Å². The molecule has 56 heavy (non-hydrogen) atoms. The number of anilines is 1. The first-order valence-electron chi connectivity index (χ1n) is 19.2. The van der Waals surface area contributed by atoms with Crippen molar-refractivity contribution in [2.24, 2.45) is 0 Å². The summed E-state index contributed by atoms with van der Waals surface area (Å²) < 4.78 is 29.8. The van der Waals surface area contributed by atoms with Crippen LogP contribution in [0.4, 0.5) is 10.5 Å². The summed E-state index contributed by atoms with van der Waals surface area (Å²) in [5, 5.41) is 1.79. The molecule has 0 spiro atoms. The lowest BCUT2D eigenvalue weighted by Gasteiger charge is -2.44. The number of methoxy groups -OCH3 is 2. The van der Waals surface area contributed by atoms with E-state index in [-0.39, 0.29) is 38.8 Å². The molecule has 2 amide bonds. The van der Waals surface area contributed by atoms with E-state index in [9.17, 15) is 4.79 Å². The molecule has 0 saturated heterocycles. The average molecular weight is 864 g/mol. The van der Waals surface area contributed by atoms with Gasteiger partial charge < -0.3 is 28.0 Å². The van der Waals surface area contributed by atoms with Gasteiger partial charge in [0.15, 0.2) is 20.3 Å². The number of ether oxygens (including phenoxy) is 3. The van der Waals surface area contributed by atoms with E-state index in [1.54, 1.807) is 31.3 Å². The Morgan fingerprint density at radius 1 is 0.857 bits per heavy atom. The van der Waals surface area contributed by atoms with Crippen molar-refractivity contribution >= 4 is 85.5 Å². The van der Waals surface area contributed by atoms with Crippen molar-refractivity contribution in [3.05, 3.63) is 65.9 Å². The molecule has 0 N–H and O–H groups in total. The fraction of sp³-hybridized carbons (Fsp3) is 0.524. The van der Waals surface area contributed by atoms with Gasteiger partial charge in [0.25, 0.3) is 14.2 Å². The van der Waals surface area contributed by atoms with E-state index in [1.807, 2.05) is 36.5 Å². The first-order valence-corrected chi connectivity index (χ1v) is 25.4. The van der Waals surface area contributed by atoms with Crippen molar-refractivity contribution in [1.29, 1.82) is 0 Å². The number of alkyl halides is 3. The van der Waals surface area contributed by atoms with Crippen LogP contribution < -0.4 is 18.8 Å². The molecule has 0 saturated carbocycles. The summed E-state index contributed by atoms with van der Waals surface area (Å²) in [4.78, 5) is 32.9. The summed E-state index contributed by atoms with van der Waals surface area (Å²) in [6.45, 7) is 23.3. The summed E-state index contributed by atoms with van der Waals surface area (Å²) in [6.07, 6.45) is 0.454. The summed E-state index contributed by atoms with van der Waals surface area (Å²) in [5.74, 6) is 1.28. The highest BCUT2D eigenvalue weighted by atomic mass is 35.6. The van der Waals surface area contributed by atoms with E-state index < -0.39 is 45.4 Å². The number of carbonyl (C=O) groups is 2. The van der Waals surface area contributed by atoms with Crippen molar-refractivity contribution in [1.82, 2.24) is 4.90 Å². The van der Waals surface area contributed by atoms with Crippen LogP contribution in [0.3, 0.4) is 0 Å². The normalized spacial score (nSPS) is 18.0. The van der Waals surface area contributed by atoms with Gasteiger partial charge in [-0.15, -0.1) is 0 Å². The molecule has 0 aromatic heterocycles. The molecule has 0 radical (unpaired) electrons. The molecule has 0 fully saturated rings. The Balaban J connectivity index is 1.76. The Hall–Kier alpha value is -2.94. The highest BCUT2D eigenvalue weighted by Crippen LogP contribution is 2.50. The van der Waals surface area contributed by atoms with Crippen molar-refractivity contribution in [2.75, 3.05) is 25.7 Å². The third kappa shape index (κ3) is 8.59. The van der Waals surface area contributed by atoms with Crippen molar-refractivity contribution in [3.8, 4) is 17.2 Å². The molecule has 2 aliphatic rings. The van der Waals surface area contributed by atoms with Crippen LogP contribution in [0, 0.1) is 0 Å². The lowest BCUT2D eigenvalue weighted by Crippen LogP contribution is -2.58. The van der Waals surface area contributed by atoms with Gasteiger partial charge in [-0.25, -0.2) is 9.69 Å². The number of nitrogens with zero attached hydrogens (tertiary/aromatic N) is 2. The first kappa shape index (κ1) is 44.2. The maximum Gasteiger partial charge on any atom is 0.416 e. The second-order valence-corrected chi connectivity index (χ2v) is 30.0. The highest BCUT2D eigenvalue weighted by molar-refractivity contribution is 6.78. The van der Waals surface area contributed by atoms with Gasteiger partial charge in [-0.2, -0.15) is 0 Å². The molecule has 5 rings (SSSR count). The van der Waals surface area contributed by atoms with Crippen molar-refractivity contribution in [3.63, 3.8) is 0 Å². The van der Waals surface area contributed by atoms with E-state index in [1.165, 1.54) is 4.90 Å². The van der Waals surface area contributed by atoms with Crippen LogP contribution in [0.1, 0.15) is 84.7 Å². The minimum absolute atomic E-state index is 0.223. The topological polar surface area (TPSA) is 86.8 Å². The van der Waals surface area contributed by atoms with Crippen LogP contribution in [0.5, 0.6) is 17.2 Å².